The predicted octanol–water partition coefficient (Wildman–Crippen LogP) is 4.58. The van der Waals surface area contributed by atoms with Crippen LogP contribution < -0.4 is 4.90 Å². The monoisotopic (exact) mass is 532 g/mol. The maximum Gasteiger partial charge on any atom is 0.303 e. The van der Waals surface area contributed by atoms with Crippen molar-refractivity contribution in [3.8, 4) is 11.1 Å². The zero-order valence-electron chi connectivity index (χ0n) is 22.7. The molecule has 1 atom stereocenters. The molecule has 0 amide bonds. The minimum absolute atomic E-state index is 0.0503. The van der Waals surface area contributed by atoms with Crippen molar-refractivity contribution < 1.29 is 27.9 Å². The zero-order valence-corrected chi connectivity index (χ0v) is 23.7. The molecule has 0 aliphatic carbocycles. The van der Waals surface area contributed by atoms with E-state index in [4.69, 9.17) is 18.7 Å². The van der Waals surface area contributed by atoms with Crippen LogP contribution in [0.1, 0.15) is 33.3 Å². The van der Waals surface area contributed by atoms with Gasteiger partial charge in [0.15, 0.2) is 21.0 Å². The summed E-state index contributed by atoms with van der Waals surface area (Å²) >= 11 is 0. The minimum atomic E-state index is -2.00. The summed E-state index contributed by atoms with van der Waals surface area (Å²) in [6, 6.07) is 5.31. The van der Waals surface area contributed by atoms with E-state index in [0.717, 1.165) is 5.71 Å². The number of benzene rings is 1. The number of halogens is 1. The van der Waals surface area contributed by atoms with E-state index in [1.165, 1.54) is 14.0 Å². The number of ether oxygens (including phenoxy) is 2. The average Bonchev–Trinajstić information content (AvgIpc) is 2.79. The normalized spacial score (nSPS) is 14.7. The number of anilines is 1. The Morgan fingerprint density at radius 2 is 1.86 bits per heavy atom. The standard InChI is InChI=1S/C26H37FN4O5Si/c1-18(32)36-22(16-33-5)17-34-30-21-13-31(14-21)25-28-11-20(12-29-25)23-10-8-9-19(24(23)27)15-35-37(6,7)26(2,3)4/h8-12,22H,13-17H2,1-7H3. The summed E-state index contributed by atoms with van der Waals surface area (Å²) in [6.07, 6.45) is 2.73. The smallest absolute Gasteiger partial charge is 0.303 e. The molecule has 9 nitrogen and oxygen atoms in total. The van der Waals surface area contributed by atoms with E-state index in [9.17, 15) is 4.79 Å². The van der Waals surface area contributed by atoms with E-state index in [0.29, 0.717) is 35.7 Å². The van der Waals surface area contributed by atoms with Gasteiger partial charge in [-0.2, -0.15) is 0 Å². The van der Waals surface area contributed by atoms with Gasteiger partial charge in [-0.1, -0.05) is 44.1 Å². The summed E-state index contributed by atoms with van der Waals surface area (Å²) in [5, 5.41) is 4.13. The second kappa shape index (κ2) is 12.1. The van der Waals surface area contributed by atoms with Crippen molar-refractivity contribution in [2.24, 2.45) is 5.16 Å². The Balaban J connectivity index is 1.57. The molecule has 1 aromatic carbocycles. The molecule has 1 aliphatic rings. The Morgan fingerprint density at radius 1 is 1.19 bits per heavy atom. The van der Waals surface area contributed by atoms with Crippen molar-refractivity contribution in [1.29, 1.82) is 0 Å². The van der Waals surface area contributed by atoms with E-state index < -0.39 is 20.4 Å². The van der Waals surface area contributed by atoms with Gasteiger partial charge in [-0.25, -0.2) is 14.4 Å². The summed E-state index contributed by atoms with van der Waals surface area (Å²) in [5.74, 6) is -0.189. The summed E-state index contributed by atoms with van der Waals surface area (Å²) < 4.78 is 31.6. The molecular formula is C26H37FN4O5Si. The number of rotatable bonds is 11. The van der Waals surface area contributed by atoms with Crippen LogP contribution in [-0.2, 0) is 30.1 Å². The molecule has 0 bridgehead atoms. The largest absolute Gasteiger partial charge is 0.456 e. The van der Waals surface area contributed by atoms with Crippen molar-refractivity contribution in [2.75, 3.05) is 38.3 Å². The highest BCUT2D eigenvalue weighted by Crippen LogP contribution is 2.37. The Labute approximate surface area is 219 Å². The molecule has 0 N–H and O–H groups in total. The second-order valence-electron chi connectivity index (χ2n) is 10.6. The molecule has 1 saturated heterocycles. The highest BCUT2D eigenvalue weighted by molar-refractivity contribution is 6.74. The number of hydrogen-bond acceptors (Lipinski definition) is 9. The van der Waals surface area contributed by atoms with Crippen LogP contribution in [0.25, 0.3) is 11.1 Å². The lowest BCUT2D eigenvalue weighted by Gasteiger charge is -2.36. The molecule has 0 saturated carbocycles. The molecule has 2 aromatic rings. The second-order valence-corrected chi connectivity index (χ2v) is 15.4. The molecule has 202 valence electrons. The summed E-state index contributed by atoms with van der Waals surface area (Å²) in [5.41, 5.74) is 2.38. The molecule has 11 heteroatoms. The fraction of sp³-hybridized carbons (Fsp3) is 0.538. The van der Waals surface area contributed by atoms with Crippen LogP contribution in [0.15, 0.2) is 35.7 Å². The Bertz CT molecular complexity index is 1100. The van der Waals surface area contributed by atoms with Gasteiger partial charge >= 0.3 is 5.97 Å². The third-order valence-corrected chi connectivity index (χ3v) is 11.1. The zero-order chi connectivity index (χ0) is 27.2. The van der Waals surface area contributed by atoms with Crippen LogP contribution >= 0.6 is 0 Å². The summed E-state index contributed by atoms with van der Waals surface area (Å²) in [7, 11) is -0.476. The SMILES string of the molecule is COCC(CON=C1CN(c2ncc(-c3cccc(CO[Si](C)(C)C(C)(C)C)c3F)cn2)C1)OC(C)=O. The molecule has 0 radical (unpaired) electrons. The van der Waals surface area contributed by atoms with Crippen LogP contribution in [0.4, 0.5) is 10.3 Å². The van der Waals surface area contributed by atoms with Crippen LogP contribution in [0.3, 0.4) is 0 Å². The first kappa shape index (κ1) is 28.7. The van der Waals surface area contributed by atoms with Crippen LogP contribution in [0, 0.1) is 5.82 Å². The number of aromatic nitrogens is 2. The predicted molar refractivity (Wildman–Crippen MR) is 142 cm³/mol. The van der Waals surface area contributed by atoms with Gasteiger partial charge in [0.05, 0.1) is 32.0 Å². The Hall–Kier alpha value is -2.89. The van der Waals surface area contributed by atoms with Gasteiger partial charge in [0.25, 0.3) is 0 Å². The first-order valence-electron chi connectivity index (χ1n) is 12.2. The average molecular weight is 533 g/mol. The van der Waals surface area contributed by atoms with Gasteiger partial charge in [0.2, 0.25) is 5.95 Å². The highest BCUT2D eigenvalue weighted by atomic mass is 28.4. The molecule has 1 unspecified atom stereocenters. The molecular weight excluding hydrogens is 495 g/mol. The first-order chi connectivity index (χ1) is 17.4. The van der Waals surface area contributed by atoms with E-state index in [-0.39, 0.29) is 30.7 Å². The first-order valence-corrected chi connectivity index (χ1v) is 15.1. The quantitative estimate of drug-likeness (QED) is 0.236. The van der Waals surface area contributed by atoms with Gasteiger partial charge in [-0.3, -0.25) is 4.79 Å². The topological polar surface area (TPSA) is 95.4 Å². The molecule has 3 rings (SSSR count). The van der Waals surface area contributed by atoms with Gasteiger partial charge < -0.3 is 23.6 Å². The fourth-order valence-corrected chi connectivity index (χ4v) is 4.30. The number of carbonyl (C=O) groups is 1. The van der Waals surface area contributed by atoms with E-state index >= 15 is 4.39 Å². The van der Waals surface area contributed by atoms with Crippen molar-refractivity contribution >= 4 is 25.9 Å². The van der Waals surface area contributed by atoms with Crippen LogP contribution in [0.2, 0.25) is 18.1 Å². The summed E-state index contributed by atoms with van der Waals surface area (Å²) in [4.78, 5) is 27.2. The molecule has 1 aliphatic heterocycles. The number of methoxy groups -OCH3 is 1. The van der Waals surface area contributed by atoms with Crippen molar-refractivity contribution in [3.63, 3.8) is 0 Å². The van der Waals surface area contributed by atoms with Gasteiger partial charge in [-0.15, -0.1) is 0 Å². The number of oxime groups is 1. The lowest BCUT2D eigenvalue weighted by atomic mass is 10.1. The van der Waals surface area contributed by atoms with Gasteiger partial charge in [0, 0.05) is 43.1 Å². The van der Waals surface area contributed by atoms with Crippen molar-refractivity contribution in [3.05, 3.63) is 42.0 Å². The number of esters is 1. The third kappa shape index (κ3) is 7.56. The van der Waals surface area contributed by atoms with Gasteiger partial charge in [-0.05, 0) is 18.1 Å². The molecule has 1 fully saturated rings. The third-order valence-electron chi connectivity index (χ3n) is 6.59. The number of carbonyl (C=O) groups excluding carboxylic acids is 1. The van der Waals surface area contributed by atoms with E-state index in [2.05, 4.69) is 49.0 Å². The molecule has 0 spiro atoms. The lowest BCUT2D eigenvalue weighted by Crippen LogP contribution is -2.48. The number of hydrogen-bond donors (Lipinski definition) is 0. The lowest BCUT2D eigenvalue weighted by molar-refractivity contribution is -0.152. The Morgan fingerprint density at radius 3 is 2.46 bits per heavy atom. The highest BCUT2D eigenvalue weighted by Gasteiger charge is 2.37. The minimum Gasteiger partial charge on any atom is -0.456 e. The van der Waals surface area contributed by atoms with Gasteiger partial charge in [0.1, 0.15) is 5.82 Å². The molecule has 2 heterocycles. The molecule has 37 heavy (non-hydrogen) atoms. The maximum atomic E-state index is 15.3. The van der Waals surface area contributed by atoms with E-state index in [1.807, 2.05) is 11.0 Å². The fourth-order valence-electron chi connectivity index (χ4n) is 3.35. The Kier molecular flexibility index (Phi) is 9.38. The van der Waals surface area contributed by atoms with Crippen LogP contribution in [-0.4, -0.2) is 69.5 Å². The van der Waals surface area contributed by atoms with Crippen molar-refractivity contribution in [1.82, 2.24) is 9.97 Å². The van der Waals surface area contributed by atoms with Crippen molar-refractivity contribution in [2.45, 2.75) is 58.5 Å². The van der Waals surface area contributed by atoms with Crippen LogP contribution in [0.5, 0.6) is 0 Å². The van der Waals surface area contributed by atoms with E-state index in [1.54, 1.807) is 24.5 Å². The number of nitrogens with zero attached hydrogens (tertiary/aromatic N) is 4. The molecule has 1 aromatic heterocycles. The summed E-state index contributed by atoms with van der Waals surface area (Å²) in [6.45, 7) is 13.7. The maximum absolute atomic E-state index is 15.3.